The molecule has 1 heterocycles. The number of nitrogens with one attached hydrogen (secondary N) is 2. The summed E-state index contributed by atoms with van der Waals surface area (Å²) in [5.41, 5.74) is 1.26. The summed E-state index contributed by atoms with van der Waals surface area (Å²) in [6.45, 7) is 0. The third kappa shape index (κ3) is 2.16. The first kappa shape index (κ1) is 12.1. The number of benzene rings is 2. The van der Waals surface area contributed by atoms with E-state index in [1.807, 2.05) is 12.1 Å². The Hall–Kier alpha value is -2.69. The summed E-state index contributed by atoms with van der Waals surface area (Å²) in [7, 11) is 0. The molecule has 2 unspecified atom stereocenters. The van der Waals surface area contributed by atoms with Gasteiger partial charge in [0.15, 0.2) is 0 Å². The minimum atomic E-state index is 0.00434. The first-order valence-electron chi connectivity index (χ1n) is 6.97. The fraction of sp³-hybridized carbons (Fsp3) is 0.188. The lowest BCUT2D eigenvalue weighted by atomic mass is 10.00. The van der Waals surface area contributed by atoms with Gasteiger partial charge >= 0.3 is 0 Å². The van der Waals surface area contributed by atoms with Crippen LogP contribution < -0.4 is 5.32 Å². The molecule has 0 radical (unpaired) electrons. The Morgan fingerprint density at radius 3 is 2.90 bits per heavy atom. The van der Waals surface area contributed by atoms with Crippen LogP contribution in [0, 0.1) is 5.92 Å². The number of anilines is 1. The van der Waals surface area contributed by atoms with Crippen LogP contribution in [0.2, 0.25) is 0 Å². The van der Waals surface area contributed by atoms with Crippen molar-refractivity contribution in [2.45, 2.75) is 12.3 Å². The number of fused-ring (bicyclic) bond motifs is 1. The van der Waals surface area contributed by atoms with E-state index >= 15 is 0 Å². The standard InChI is InChI=1S/C16H14N4O/c21-15(19-16-17-9-18-20-16)14-8-13(14)12-7-3-5-10-4-1-2-6-11(10)12/h1-7,9,13-14H,8H2,(H2,17,18,19,20,21). The molecule has 2 atom stereocenters. The molecule has 0 spiro atoms. The number of carbonyl (C=O) groups excluding carboxylic acids is 1. The summed E-state index contributed by atoms with van der Waals surface area (Å²) in [6, 6.07) is 14.6. The van der Waals surface area contributed by atoms with Crippen molar-refractivity contribution in [1.29, 1.82) is 0 Å². The third-order valence-electron chi connectivity index (χ3n) is 4.01. The van der Waals surface area contributed by atoms with Gasteiger partial charge in [-0.3, -0.25) is 10.1 Å². The van der Waals surface area contributed by atoms with Crippen molar-refractivity contribution >= 4 is 22.6 Å². The largest absolute Gasteiger partial charge is 0.295 e. The molecule has 1 saturated carbocycles. The summed E-state index contributed by atoms with van der Waals surface area (Å²) in [5.74, 6) is 0.716. The molecule has 0 bridgehead atoms. The second kappa shape index (κ2) is 4.70. The van der Waals surface area contributed by atoms with E-state index in [1.165, 1.54) is 22.7 Å². The van der Waals surface area contributed by atoms with Crippen molar-refractivity contribution in [2.75, 3.05) is 5.32 Å². The highest BCUT2D eigenvalue weighted by atomic mass is 16.2. The topological polar surface area (TPSA) is 70.7 Å². The first-order chi connectivity index (χ1) is 10.3. The molecule has 5 nitrogen and oxygen atoms in total. The number of aromatic nitrogens is 3. The van der Waals surface area contributed by atoms with Gasteiger partial charge in [0.2, 0.25) is 11.9 Å². The predicted molar refractivity (Wildman–Crippen MR) is 79.8 cm³/mol. The molecule has 1 aliphatic rings. The quantitative estimate of drug-likeness (QED) is 0.773. The molecule has 3 aromatic rings. The van der Waals surface area contributed by atoms with E-state index in [1.54, 1.807) is 0 Å². The Kier molecular flexibility index (Phi) is 2.70. The van der Waals surface area contributed by atoms with Crippen LogP contribution in [-0.2, 0) is 4.79 Å². The second-order valence-electron chi connectivity index (χ2n) is 5.34. The van der Waals surface area contributed by atoms with Crippen LogP contribution in [0.15, 0.2) is 48.8 Å². The zero-order chi connectivity index (χ0) is 14.2. The Bertz CT molecular complexity index is 792. The number of carbonyl (C=O) groups is 1. The van der Waals surface area contributed by atoms with E-state index in [2.05, 4.69) is 50.8 Å². The smallest absolute Gasteiger partial charge is 0.230 e. The Morgan fingerprint density at radius 2 is 2.05 bits per heavy atom. The van der Waals surface area contributed by atoms with Gasteiger partial charge in [0.05, 0.1) is 0 Å². The van der Waals surface area contributed by atoms with Gasteiger partial charge in [-0.15, -0.1) is 0 Å². The van der Waals surface area contributed by atoms with Gasteiger partial charge in [0, 0.05) is 5.92 Å². The monoisotopic (exact) mass is 278 g/mol. The highest BCUT2D eigenvalue weighted by Gasteiger charge is 2.44. The van der Waals surface area contributed by atoms with E-state index in [-0.39, 0.29) is 11.8 Å². The molecular formula is C16H14N4O. The van der Waals surface area contributed by atoms with Crippen LogP contribution in [0.25, 0.3) is 10.8 Å². The van der Waals surface area contributed by atoms with E-state index in [0.29, 0.717) is 11.9 Å². The van der Waals surface area contributed by atoms with Crippen LogP contribution in [-0.4, -0.2) is 21.1 Å². The lowest BCUT2D eigenvalue weighted by Crippen LogP contribution is -2.15. The first-order valence-corrected chi connectivity index (χ1v) is 6.97. The molecule has 1 aliphatic carbocycles. The summed E-state index contributed by atoms with van der Waals surface area (Å²) in [6.07, 6.45) is 2.26. The van der Waals surface area contributed by atoms with Crippen LogP contribution >= 0.6 is 0 Å². The SMILES string of the molecule is O=C(Nc1ncn[nH]1)C1CC1c1cccc2ccccc12. The molecule has 1 amide bonds. The molecule has 104 valence electrons. The zero-order valence-corrected chi connectivity index (χ0v) is 11.3. The number of H-pyrrole nitrogens is 1. The maximum atomic E-state index is 12.2. The Labute approximate surface area is 121 Å². The van der Waals surface area contributed by atoms with E-state index in [0.717, 1.165) is 6.42 Å². The minimum absolute atomic E-state index is 0.00434. The molecule has 0 saturated heterocycles. The second-order valence-corrected chi connectivity index (χ2v) is 5.34. The number of aromatic amines is 1. The number of rotatable bonds is 3. The molecule has 1 fully saturated rings. The number of hydrogen-bond donors (Lipinski definition) is 2. The van der Waals surface area contributed by atoms with Gasteiger partial charge in [0.1, 0.15) is 6.33 Å². The van der Waals surface area contributed by atoms with Crippen molar-refractivity contribution in [3.8, 4) is 0 Å². The Balaban J connectivity index is 1.57. The summed E-state index contributed by atoms with van der Waals surface area (Å²) in [5, 5.41) is 11.6. The lowest BCUT2D eigenvalue weighted by molar-refractivity contribution is -0.117. The number of nitrogens with zero attached hydrogens (tertiary/aromatic N) is 2. The van der Waals surface area contributed by atoms with Gasteiger partial charge in [-0.1, -0.05) is 42.5 Å². The molecule has 2 N–H and O–H groups in total. The van der Waals surface area contributed by atoms with Crippen LogP contribution in [0.3, 0.4) is 0 Å². The number of hydrogen-bond acceptors (Lipinski definition) is 3. The third-order valence-corrected chi connectivity index (χ3v) is 4.01. The van der Waals surface area contributed by atoms with Gasteiger partial charge in [0.25, 0.3) is 0 Å². The average molecular weight is 278 g/mol. The molecule has 21 heavy (non-hydrogen) atoms. The van der Waals surface area contributed by atoms with Crippen molar-refractivity contribution in [2.24, 2.45) is 5.92 Å². The summed E-state index contributed by atoms with van der Waals surface area (Å²) in [4.78, 5) is 16.1. The van der Waals surface area contributed by atoms with Gasteiger partial charge in [-0.25, -0.2) is 5.10 Å². The fourth-order valence-electron chi connectivity index (χ4n) is 2.88. The van der Waals surface area contributed by atoms with E-state index < -0.39 is 0 Å². The van der Waals surface area contributed by atoms with E-state index in [4.69, 9.17) is 0 Å². The van der Waals surface area contributed by atoms with Crippen LogP contribution in [0.4, 0.5) is 5.95 Å². The molecule has 5 heteroatoms. The van der Waals surface area contributed by atoms with Crippen LogP contribution in [0.5, 0.6) is 0 Å². The number of amides is 1. The van der Waals surface area contributed by atoms with Gasteiger partial charge < -0.3 is 0 Å². The molecule has 4 rings (SSSR count). The maximum Gasteiger partial charge on any atom is 0.230 e. The minimum Gasteiger partial charge on any atom is -0.295 e. The van der Waals surface area contributed by atoms with Crippen molar-refractivity contribution in [3.63, 3.8) is 0 Å². The Morgan fingerprint density at radius 1 is 1.19 bits per heavy atom. The molecule has 0 aliphatic heterocycles. The zero-order valence-electron chi connectivity index (χ0n) is 11.3. The van der Waals surface area contributed by atoms with Crippen molar-refractivity contribution < 1.29 is 4.79 Å². The fourth-order valence-corrected chi connectivity index (χ4v) is 2.88. The van der Waals surface area contributed by atoms with Crippen molar-refractivity contribution in [3.05, 3.63) is 54.4 Å². The van der Waals surface area contributed by atoms with E-state index in [9.17, 15) is 4.79 Å². The van der Waals surface area contributed by atoms with Crippen LogP contribution in [0.1, 0.15) is 17.9 Å². The highest BCUT2D eigenvalue weighted by molar-refractivity contribution is 5.95. The average Bonchev–Trinajstić information content (AvgIpc) is 3.16. The summed E-state index contributed by atoms with van der Waals surface area (Å²) < 4.78 is 0. The lowest BCUT2D eigenvalue weighted by Gasteiger charge is -2.06. The van der Waals surface area contributed by atoms with Gasteiger partial charge in [-0.05, 0) is 28.7 Å². The van der Waals surface area contributed by atoms with Gasteiger partial charge in [-0.2, -0.15) is 10.1 Å². The highest BCUT2D eigenvalue weighted by Crippen LogP contribution is 2.49. The summed E-state index contributed by atoms with van der Waals surface area (Å²) >= 11 is 0. The normalized spacial score (nSPS) is 20.4. The maximum absolute atomic E-state index is 12.2. The molecular weight excluding hydrogens is 264 g/mol. The van der Waals surface area contributed by atoms with Crippen molar-refractivity contribution in [1.82, 2.24) is 15.2 Å². The predicted octanol–water partition coefficient (Wildman–Crippen LogP) is 2.70. The molecule has 2 aromatic carbocycles. The molecule has 1 aromatic heterocycles.